The Hall–Kier alpha value is -1.18. The van der Waals surface area contributed by atoms with Gasteiger partial charge in [0.05, 0.1) is 22.4 Å². The Morgan fingerprint density at radius 1 is 0.526 bits per heavy atom. The Bertz CT molecular complexity index is 775. The molecule has 0 aliphatic rings. The molecule has 1 aromatic rings. The lowest BCUT2D eigenvalue weighted by Gasteiger charge is -2.33. The molecule has 6 heteroatoms. The molecule has 0 saturated heterocycles. The monoisotopic (exact) mass is 540 g/mol. The molecule has 0 aliphatic heterocycles. The van der Waals surface area contributed by atoms with Gasteiger partial charge in [0.1, 0.15) is 5.60 Å². The van der Waals surface area contributed by atoms with E-state index < -0.39 is 0 Å². The van der Waals surface area contributed by atoms with Crippen molar-refractivity contribution in [2.24, 2.45) is 0 Å². The summed E-state index contributed by atoms with van der Waals surface area (Å²) >= 11 is 0. The smallest absolute Gasteiger partial charge is 0.169 e. The summed E-state index contributed by atoms with van der Waals surface area (Å²) in [6, 6.07) is 6.18. The third-order valence-corrected chi connectivity index (χ3v) is 5.04. The second kappa shape index (κ2) is 14.5. The maximum Gasteiger partial charge on any atom is 0.169 e. The summed E-state index contributed by atoms with van der Waals surface area (Å²) in [6.45, 7) is 34.6. The van der Waals surface area contributed by atoms with Crippen LogP contribution in [0.3, 0.4) is 0 Å². The molecule has 0 fully saturated rings. The first-order valence-corrected chi connectivity index (χ1v) is 14.1. The van der Waals surface area contributed by atoms with E-state index in [2.05, 4.69) is 33.8 Å². The molecule has 224 valence electrons. The van der Waals surface area contributed by atoms with Gasteiger partial charge in [-0.3, -0.25) is 0 Å². The van der Waals surface area contributed by atoms with E-state index in [1.165, 1.54) is 11.1 Å². The van der Waals surface area contributed by atoms with Crippen LogP contribution >= 0.6 is 0 Å². The standard InChI is InChI=1S/C16H34O4.C16H26O2/c1-13(2,3)17-19-15(7,8)11-12-16(9,10)20-18-14(4,5)6;1-11(2)13-9-8-10-14(15(13)12(3)4)17-18-16(5,6)7/h11-12H2,1-10H3;8-12H,1-7H3. The minimum Gasteiger partial charge on any atom is -0.337 e. The first-order chi connectivity index (χ1) is 16.8. The quantitative estimate of drug-likeness (QED) is 0.206. The van der Waals surface area contributed by atoms with Crippen LogP contribution in [0.15, 0.2) is 18.2 Å². The van der Waals surface area contributed by atoms with Crippen LogP contribution in [-0.2, 0) is 24.4 Å². The molecule has 0 amide bonds. The molecule has 0 radical (unpaired) electrons. The second-order valence-corrected chi connectivity index (χ2v) is 14.9. The molecule has 1 aromatic carbocycles. The van der Waals surface area contributed by atoms with E-state index >= 15 is 0 Å². The summed E-state index contributed by atoms with van der Waals surface area (Å²) in [5.74, 6) is 1.74. The van der Waals surface area contributed by atoms with Crippen LogP contribution in [0.2, 0.25) is 0 Å². The van der Waals surface area contributed by atoms with Gasteiger partial charge in [-0.2, -0.15) is 4.89 Å². The van der Waals surface area contributed by atoms with Crippen molar-refractivity contribution >= 4 is 0 Å². The first kappa shape index (κ1) is 36.8. The van der Waals surface area contributed by atoms with Gasteiger partial charge in [-0.15, -0.1) is 0 Å². The van der Waals surface area contributed by atoms with Crippen molar-refractivity contribution in [3.8, 4) is 5.75 Å². The fourth-order valence-electron chi connectivity index (χ4n) is 3.09. The average molecular weight is 541 g/mol. The van der Waals surface area contributed by atoms with Crippen LogP contribution in [0.1, 0.15) is 154 Å². The lowest BCUT2D eigenvalue weighted by molar-refractivity contribution is -0.410. The first-order valence-electron chi connectivity index (χ1n) is 14.1. The maximum absolute atomic E-state index is 5.55. The number of rotatable bonds is 11. The summed E-state index contributed by atoms with van der Waals surface area (Å²) in [4.78, 5) is 32.9. The van der Waals surface area contributed by atoms with E-state index in [0.29, 0.717) is 11.8 Å². The van der Waals surface area contributed by atoms with E-state index in [9.17, 15) is 0 Å². The third kappa shape index (κ3) is 17.4. The van der Waals surface area contributed by atoms with Crippen LogP contribution in [0.4, 0.5) is 0 Å². The highest BCUT2D eigenvalue weighted by molar-refractivity contribution is 5.43. The zero-order chi connectivity index (χ0) is 30.2. The number of benzene rings is 1. The largest absolute Gasteiger partial charge is 0.337 e. The molecule has 0 N–H and O–H groups in total. The van der Waals surface area contributed by atoms with Gasteiger partial charge < -0.3 is 4.89 Å². The molecule has 0 atom stereocenters. The van der Waals surface area contributed by atoms with E-state index in [-0.39, 0.29) is 28.0 Å². The lowest BCUT2D eigenvalue weighted by atomic mass is 9.90. The van der Waals surface area contributed by atoms with Gasteiger partial charge in [0.15, 0.2) is 5.75 Å². The van der Waals surface area contributed by atoms with Gasteiger partial charge in [0.2, 0.25) is 0 Å². The van der Waals surface area contributed by atoms with E-state index in [0.717, 1.165) is 18.6 Å². The van der Waals surface area contributed by atoms with Crippen molar-refractivity contribution in [1.29, 1.82) is 0 Å². The number of hydrogen-bond acceptors (Lipinski definition) is 6. The van der Waals surface area contributed by atoms with E-state index in [1.807, 2.05) is 102 Å². The fourth-order valence-corrected chi connectivity index (χ4v) is 3.09. The van der Waals surface area contributed by atoms with Crippen molar-refractivity contribution in [3.63, 3.8) is 0 Å². The van der Waals surface area contributed by atoms with E-state index in [1.54, 1.807) is 0 Å². The van der Waals surface area contributed by atoms with Crippen molar-refractivity contribution < 1.29 is 29.3 Å². The topological polar surface area (TPSA) is 55.4 Å². The van der Waals surface area contributed by atoms with Gasteiger partial charge in [0, 0.05) is 5.56 Å². The molecule has 0 heterocycles. The van der Waals surface area contributed by atoms with Crippen LogP contribution in [0, 0.1) is 0 Å². The van der Waals surface area contributed by atoms with Crippen LogP contribution < -0.4 is 4.89 Å². The zero-order valence-electron chi connectivity index (χ0n) is 27.8. The van der Waals surface area contributed by atoms with Crippen molar-refractivity contribution in [2.75, 3.05) is 0 Å². The Morgan fingerprint density at radius 3 is 1.24 bits per heavy atom. The molecule has 0 spiro atoms. The van der Waals surface area contributed by atoms with Gasteiger partial charge in [-0.1, -0.05) is 39.8 Å². The van der Waals surface area contributed by atoms with Gasteiger partial charge in [-0.25, -0.2) is 19.6 Å². The van der Waals surface area contributed by atoms with Gasteiger partial charge in [0.25, 0.3) is 0 Å². The summed E-state index contributed by atoms with van der Waals surface area (Å²) in [7, 11) is 0. The van der Waals surface area contributed by atoms with Crippen molar-refractivity contribution in [1.82, 2.24) is 0 Å². The Labute approximate surface area is 234 Å². The molecule has 1 rings (SSSR count). The third-order valence-electron chi connectivity index (χ3n) is 5.04. The zero-order valence-corrected chi connectivity index (χ0v) is 27.8. The van der Waals surface area contributed by atoms with Gasteiger partial charge >= 0.3 is 0 Å². The fraction of sp³-hybridized carbons (Fsp3) is 0.812. The maximum atomic E-state index is 5.55. The lowest BCUT2D eigenvalue weighted by Crippen LogP contribution is -2.35. The minimum absolute atomic E-state index is 0.303. The van der Waals surface area contributed by atoms with Crippen molar-refractivity contribution in [2.45, 2.75) is 170 Å². The molecular weight excluding hydrogens is 480 g/mol. The predicted octanol–water partition coefficient (Wildman–Crippen LogP) is 9.86. The second-order valence-electron chi connectivity index (χ2n) is 14.9. The predicted molar refractivity (Wildman–Crippen MR) is 157 cm³/mol. The summed E-state index contributed by atoms with van der Waals surface area (Å²) in [5, 5.41) is 0. The highest BCUT2D eigenvalue weighted by Crippen LogP contribution is 2.34. The van der Waals surface area contributed by atoms with Gasteiger partial charge in [-0.05, 0) is 126 Å². The Balaban J connectivity index is 0.000000724. The molecular formula is C32H60O6. The SMILES string of the molecule is CC(C)(C)OOC(C)(C)CCC(C)(C)OOC(C)(C)C.CC(C)c1cccc(OOC(C)(C)C)c1C(C)C. The normalized spacial score (nSPS) is 13.6. The molecule has 0 saturated carbocycles. The molecule has 0 aliphatic carbocycles. The highest BCUT2D eigenvalue weighted by Gasteiger charge is 2.30. The van der Waals surface area contributed by atoms with Crippen LogP contribution in [0.5, 0.6) is 5.75 Å². The summed E-state index contributed by atoms with van der Waals surface area (Å²) in [5.41, 5.74) is 0.932. The highest BCUT2D eigenvalue weighted by atomic mass is 17.2. The summed E-state index contributed by atoms with van der Waals surface area (Å²) < 4.78 is 0. The Kier molecular flexibility index (Phi) is 14.0. The molecule has 0 aromatic heterocycles. The molecule has 6 nitrogen and oxygen atoms in total. The van der Waals surface area contributed by atoms with E-state index in [4.69, 9.17) is 29.3 Å². The van der Waals surface area contributed by atoms with Crippen LogP contribution in [0.25, 0.3) is 0 Å². The van der Waals surface area contributed by atoms with Crippen molar-refractivity contribution in [3.05, 3.63) is 29.3 Å². The average Bonchev–Trinajstić information content (AvgIpc) is 2.72. The minimum atomic E-state index is -0.365. The molecule has 0 unspecified atom stereocenters. The number of hydrogen-bond donors (Lipinski definition) is 0. The Morgan fingerprint density at radius 2 is 0.921 bits per heavy atom. The molecule has 0 bridgehead atoms. The summed E-state index contributed by atoms with van der Waals surface area (Å²) in [6.07, 6.45) is 1.62. The van der Waals surface area contributed by atoms with Crippen LogP contribution in [-0.4, -0.2) is 28.0 Å². The molecule has 38 heavy (non-hydrogen) atoms.